The van der Waals surface area contributed by atoms with Gasteiger partial charge in [0.05, 0.1) is 12.7 Å². The zero-order valence-electron chi connectivity index (χ0n) is 12.5. The van der Waals surface area contributed by atoms with Gasteiger partial charge in [-0.15, -0.1) is 0 Å². The average molecular weight is 259 g/mol. The van der Waals surface area contributed by atoms with Gasteiger partial charge in [0.25, 0.3) is 0 Å². The summed E-state index contributed by atoms with van der Waals surface area (Å²) in [6, 6.07) is 0. The highest BCUT2D eigenvalue weighted by Crippen LogP contribution is 2.15. The molecule has 1 N–H and O–H groups in total. The molecule has 1 unspecified atom stereocenters. The number of carbonyl (C=O) groups is 1. The summed E-state index contributed by atoms with van der Waals surface area (Å²) in [5, 5.41) is 3.29. The van der Waals surface area contributed by atoms with E-state index in [2.05, 4.69) is 12.2 Å². The lowest BCUT2D eigenvalue weighted by Gasteiger charge is -2.28. The van der Waals surface area contributed by atoms with Crippen LogP contribution >= 0.6 is 0 Å². The van der Waals surface area contributed by atoms with E-state index in [9.17, 15) is 4.79 Å². The molecule has 0 aromatic heterocycles. The monoisotopic (exact) mass is 259 g/mol. The van der Waals surface area contributed by atoms with E-state index in [-0.39, 0.29) is 12.1 Å². The number of rotatable bonds is 10. The summed E-state index contributed by atoms with van der Waals surface area (Å²) >= 11 is 0. The maximum absolute atomic E-state index is 12.0. The van der Waals surface area contributed by atoms with Crippen LogP contribution in [0.4, 0.5) is 0 Å². The van der Waals surface area contributed by atoms with Gasteiger partial charge in [-0.2, -0.15) is 0 Å². The van der Waals surface area contributed by atoms with Crippen LogP contribution < -0.4 is 5.32 Å². The van der Waals surface area contributed by atoms with Gasteiger partial charge in [0.15, 0.2) is 0 Å². The van der Waals surface area contributed by atoms with Gasteiger partial charge >= 0.3 is 5.97 Å². The van der Waals surface area contributed by atoms with Gasteiger partial charge in [0.2, 0.25) is 0 Å². The van der Waals surface area contributed by atoms with Crippen molar-refractivity contribution in [3.8, 4) is 0 Å². The molecule has 1 atom stereocenters. The molecule has 0 radical (unpaired) electrons. The molecule has 0 heterocycles. The molecule has 0 aromatic rings. The van der Waals surface area contributed by atoms with Gasteiger partial charge < -0.3 is 14.8 Å². The predicted octanol–water partition coefficient (Wildman–Crippen LogP) is 2.51. The average Bonchev–Trinajstić information content (AvgIpc) is 2.32. The molecule has 18 heavy (non-hydrogen) atoms. The third kappa shape index (κ3) is 6.97. The molecular weight excluding hydrogens is 230 g/mol. The molecular formula is C14H29NO3. The first kappa shape index (κ1) is 17.4. The lowest BCUT2D eigenvalue weighted by molar-refractivity contribution is -0.151. The third-order valence-electron chi connectivity index (χ3n) is 2.76. The fourth-order valence-electron chi connectivity index (χ4n) is 1.70. The van der Waals surface area contributed by atoms with Crippen LogP contribution in [-0.4, -0.2) is 37.4 Å². The quantitative estimate of drug-likeness (QED) is 0.484. The second-order valence-corrected chi connectivity index (χ2v) is 5.00. The fourth-order valence-corrected chi connectivity index (χ4v) is 1.70. The summed E-state index contributed by atoms with van der Waals surface area (Å²) in [6.07, 6.45) is 2.82. The molecule has 4 nitrogen and oxygen atoms in total. The number of nitrogens with one attached hydrogen (secondary N) is 1. The van der Waals surface area contributed by atoms with Crippen LogP contribution in [0.5, 0.6) is 0 Å². The minimum absolute atomic E-state index is 0.164. The van der Waals surface area contributed by atoms with Crippen LogP contribution in [-0.2, 0) is 14.3 Å². The number of hydrogen-bond donors (Lipinski definition) is 1. The van der Waals surface area contributed by atoms with Crippen LogP contribution in [0, 0.1) is 0 Å². The summed E-state index contributed by atoms with van der Waals surface area (Å²) in [4.78, 5) is 12.0. The van der Waals surface area contributed by atoms with Crippen molar-refractivity contribution in [3.63, 3.8) is 0 Å². The van der Waals surface area contributed by atoms with E-state index in [0.717, 1.165) is 25.8 Å². The zero-order chi connectivity index (χ0) is 14.0. The van der Waals surface area contributed by atoms with E-state index >= 15 is 0 Å². The Bertz CT molecular complexity index is 231. The Morgan fingerprint density at radius 3 is 2.50 bits per heavy atom. The molecule has 0 amide bonds. The molecule has 0 aliphatic rings. The minimum atomic E-state index is -0.591. The van der Waals surface area contributed by atoms with Crippen molar-refractivity contribution in [3.05, 3.63) is 0 Å². The van der Waals surface area contributed by atoms with Crippen LogP contribution in [0.3, 0.4) is 0 Å². The number of hydrogen-bond acceptors (Lipinski definition) is 4. The van der Waals surface area contributed by atoms with E-state index < -0.39 is 5.54 Å². The maximum Gasteiger partial charge on any atom is 0.326 e. The van der Waals surface area contributed by atoms with E-state index in [1.807, 2.05) is 27.7 Å². The van der Waals surface area contributed by atoms with Crippen LogP contribution in [0.25, 0.3) is 0 Å². The van der Waals surface area contributed by atoms with Gasteiger partial charge in [0, 0.05) is 6.61 Å². The van der Waals surface area contributed by atoms with Crippen molar-refractivity contribution in [2.45, 2.75) is 65.5 Å². The van der Waals surface area contributed by atoms with Gasteiger partial charge in [-0.25, -0.2) is 0 Å². The molecule has 0 saturated carbocycles. The highest BCUT2D eigenvalue weighted by atomic mass is 16.5. The van der Waals surface area contributed by atoms with E-state index in [1.54, 1.807) is 0 Å². The molecule has 4 heteroatoms. The van der Waals surface area contributed by atoms with Gasteiger partial charge in [-0.05, 0) is 53.5 Å². The smallest absolute Gasteiger partial charge is 0.326 e. The summed E-state index contributed by atoms with van der Waals surface area (Å²) in [5.41, 5.74) is -0.591. The summed E-state index contributed by atoms with van der Waals surface area (Å²) < 4.78 is 10.6. The van der Waals surface area contributed by atoms with Crippen molar-refractivity contribution < 1.29 is 14.3 Å². The Balaban J connectivity index is 4.24. The number of carbonyl (C=O) groups excluding carboxylic acids is 1. The molecule has 0 fully saturated rings. The molecule has 0 saturated heterocycles. The summed E-state index contributed by atoms with van der Waals surface area (Å²) in [7, 11) is 0. The Morgan fingerprint density at radius 2 is 2.00 bits per heavy atom. The second kappa shape index (κ2) is 9.34. The summed E-state index contributed by atoms with van der Waals surface area (Å²) in [6.45, 7) is 11.8. The molecule has 0 aliphatic carbocycles. The highest BCUT2D eigenvalue weighted by Gasteiger charge is 2.33. The van der Waals surface area contributed by atoms with Crippen molar-refractivity contribution in [2.75, 3.05) is 19.8 Å². The SMILES string of the molecule is CCCNC(C)(CCCOC(C)C)C(=O)OCC. The van der Waals surface area contributed by atoms with Gasteiger partial charge in [-0.1, -0.05) is 6.92 Å². The molecule has 0 aliphatic heterocycles. The Morgan fingerprint density at radius 1 is 1.33 bits per heavy atom. The molecule has 0 aromatic carbocycles. The first-order valence-electron chi connectivity index (χ1n) is 7.00. The van der Waals surface area contributed by atoms with Gasteiger partial charge in [0.1, 0.15) is 5.54 Å². The minimum Gasteiger partial charge on any atom is -0.465 e. The van der Waals surface area contributed by atoms with E-state index in [0.29, 0.717) is 13.2 Å². The lowest BCUT2D eigenvalue weighted by Crippen LogP contribution is -2.50. The predicted molar refractivity (Wildman–Crippen MR) is 73.7 cm³/mol. The first-order valence-corrected chi connectivity index (χ1v) is 7.00. The van der Waals surface area contributed by atoms with Crippen molar-refractivity contribution >= 4 is 5.97 Å². The number of ether oxygens (including phenoxy) is 2. The Hall–Kier alpha value is -0.610. The normalized spacial score (nSPS) is 14.6. The first-order chi connectivity index (χ1) is 8.46. The molecule has 0 bridgehead atoms. The fraction of sp³-hybridized carbons (Fsp3) is 0.929. The largest absolute Gasteiger partial charge is 0.465 e. The summed E-state index contributed by atoms with van der Waals surface area (Å²) in [5.74, 6) is -0.164. The Kier molecular flexibility index (Phi) is 9.02. The van der Waals surface area contributed by atoms with E-state index in [4.69, 9.17) is 9.47 Å². The zero-order valence-corrected chi connectivity index (χ0v) is 12.5. The van der Waals surface area contributed by atoms with Crippen LogP contribution in [0.1, 0.15) is 53.9 Å². The Labute approximate surface area is 111 Å². The molecule has 0 rings (SSSR count). The van der Waals surface area contributed by atoms with E-state index in [1.165, 1.54) is 0 Å². The molecule has 108 valence electrons. The van der Waals surface area contributed by atoms with Crippen molar-refractivity contribution in [1.82, 2.24) is 5.32 Å². The second-order valence-electron chi connectivity index (χ2n) is 5.00. The maximum atomic E-state index is 12.0. The standard InChI is InChI=1S/C14H29NO3/c1-6-10-15-14(5,13(16)17-7-2)9-8-11-18-12(3)4/h12,15H,6-11H2,1-5H3. The lowest BCUT2D eigenvalue weighted by atomic mass is 9.95. The van der Waals surface area contributed by atoms with Gasteiger partial charge in [-0.3, -0.25) is 4.79 Å². The van der Waals surface area contributed by atoms with Crippen LogP contribution in [0.2, 0.25) is 0 Å². The third-order valence-corrected chi connectivity index (χ3v) is 2.76. The van der Waals surface area contributed by atoms with Crippen molar-refractivity contribution in [1.29, 1.82) is 0 Å². The molecule has 0 spiro atoms. The highest BCUT2D eigenvalue weighted by molar-refractivity contribution is 5.80. The van der Waals surface area contributed by atoms with Crippen molar-refractivity contribution in [2.24, 2.45) is 0 Å². The topological polar surface area (TPSA) is 47.6 Å². The van der Waals surface area contributed by atoms with Crippen LogP contribution in [0.15, 0.2) is 0 Å². The number of esters is 1.